The first-order chi connectivity index (χ1) is 6.61. The third-order valence-electron chi connectivity index (χ3n) is 1.94. The number of halogens is 1. The summed E-state index contributed by atoms with van der Waals surface area (Å²) < 4.78 is 0. The van der Waals surface area contributed by atoms with Crippen molar-refractivity contribution < 1.29 is 10.2 Å². The topological polar surface area (TPSA) is 73.3 Å². The van der Waals surface area contributed by atoms with E-state index in [9.17, 15) is 15.0 Å². The van der Waals surface area contributed by atoms with Crippen molar-refractivity contribution in [2.45, 2.75) is 0 Å². The Bertz CT molecular complexity index is 562. The van der Waals surface area contributed by atoms with E-state index >= 15 is 0 Å². The Labute approximate surface area is 83.4 Å². The van der Waals surface area contributed by atoms with E-state index in [0.29, 0.717) is 5.52 Å². The number of phenols is 2. The number of rotatable bonds is 0. The molecule has 0 bridgehead atoms. The van der Waals surface area contributed by atoms with Crippen LogP contribution in [0.5, 0.6) is 11.5 Å². The second-order valence-corrected chi connectivity index (χ2v) is 3.20. The fourth-order valence-electron chi connectivity index (χ4n) is 1.27. The van der Waals surface area contributed by atoms with Crippen LogP contribution in [0.1, 0.15) is 0 Å². The lowest BCUT2D eigenvalue weighted by Gasteiger charge is -2.03. The zero-order valence-electron chi connectivity index (χ0n) is 6.91. The number of aromatic amines is 1. The Kier molecular flexibility index (Phi) is 1.86. The van der Waals surface area contributed by atoms with E-state index < -0.39 is 5.75 Å². The van der Waals surface area contributed by atoms with E-state index in [-0.39, 0.29) is 21.6 Å². The number of nitrogens with one attached hydrogen (secondary N) is 1. The summed E-state index contributed by atoms with van der Waals surface area (Å²) in [6, 6.07) is 2.54. The first-order valence-electron chi connectivity index (χ1n) is 3.83. The molecule has 0 fully saturated rings. The molecule has 0 amide bonds. The zero-order chi connectivity index (χ0) is 10.3. The van der Waals surface area contributed by atoms with Gasteiger partial charge in [-0.3, -0.25) is 4.79 Å². The molecule has 72 valence electrons. The summed E-state index contributed by atoms with van der Waals surface area (Å²) in [5.41, 5.74) is 0.0804. The number of H-pyrrole nitrogens is 1. The summed E-state index contributed by atoms with van der Waals surface area (Å²) in [6.45, 7) is 0. The van der Waals surface area contributed by atoms with Crippen LogP contribution in [0.25, 0.3) is 10.9 Å². The van der Waals surface area contributed by atoms with Crippen molar-refractivity contribution in [1.29, 1.82) is 0 Å². The molecule has 0 radical (unpaired) electrons. The summed E-state index contributed by atoms with van der Waals surface area (Å²) >= 11 is 5.71. The molecule has 2 rings (SSSR count). The molecule has 5 heteroatoms. The summed E-state index contributed by atoms with van der Waals surface area (Å²) in [4.78, 5) is 14.1. The lowest BCUT2D eigenvalue weighted by Crippen LogP contribution is -2.00. The molecular formula is C9H6ClNO3. The molecular weight excluding hydrogens is 206 g/mol. The molecule has 4 nitrogen and oxygen atoms in total. The van der Waals surface area contributed by atoms with Crippen LogP contribution < -0.4 is 5.43 Å². The minimum absolute atomic E-state index is 0.137. The Hall–Kier alpha value is -1.68. The molecule has 0 spiro atoms. The molecule has 0 saturated heterocycles. The highest BCUT2D eigenvalue weighted by atomic mass is 35.5. The molecule has 3 N–H and O–H groups in total. The fourth-order valence-corrected chi connectivity index (χ4v) is 1.56. The van der Waals surface area contributed by atoms with Gasteiger partial charge in [-0.15, -0.1) is 0 Å². The van der Waals surface area contributed by atoms with E-state index in [4.69, 9.17) is 11.6 Å². The SMILES string of the molecule is O=c1cc[nH]c2cc(O)c(O)c(Cl)c12. The molecule has 0 saturated carbocycles. The molecule has 1 heterocycles. The maximum atomic E-state index is 11.4. The van der Waals surface area contributed by atoms with Gasteiger partial charge in [-0.05, 0) is 0 Å². The van der Waals surface area contributed by atoms with Gasteiger partial charge in [0, 0.05) is 18.3 Å². The first kappa shape index (κ1) is 8.90. The lowest BCUT2D eigenvalue weighted by molar-refractivity contribution is 0.405. The molecule has 0 aliphatic carbocycles. The van der Waals surface area contributed by atoms with Crippen molar-refractivity contribution >= 4 is 22.5 Å². The fraction of sp³-hybridized carbons (Fsp3) is 0. The van der Waals surface area contributed by atoms with Crippen LogP contribution in [0.4, 0.5) is 0 Å². The molecule has 0 unspecified atom stereocenters. The number of fused-ring (bicyclic) bond motifs is 1. The highest BCUT2D eigenvalue weighted by Crippen LogP contribution is 2.36. The normalized spacial score (nSPS) is 10.6. The molecule has 1 aromatic heterocycles. The van der Waals surface area contributed by atoms with Crippen LogP contribution in [0.2, 0.25) is 5.02 Å². The summed E-state index contributed by atoms with van der Waals surface area (Å²) in [6.07, 6.45) is 1.44. The van der Waals surface area contributed by atoms with Crippen molar-refractivity contribution in [2.24, 2.45) is 0 Å². The van der Waals surface area contributed by atoms with Crippen molar-refractivity contribution in [3.8, 4) is 11.5 Å². The van der Waals surface area contributed by atoms with Gasteiger partial charge in [0.25, 0.3) is 0 Å². The predicted octanol–water partition coefficient (Wildman–Crippen LogP) is 1.59. The van der Waals surface area contributed by atoms with Gasteiger partial charge in [0.1, 0.15) is 0 Å². The molecule has 0 aliphatic rings. The van der Waals surface area contributed by atoms with Crippen LogP contribution in [0, 0.1) is 0 Å². The number of aromatic nitrogens is 1. The van der Waals surface area contributed by atoms with E-state index in [0.717, 1.165) is 0 Å². The third-order valence-corrected chi connectivity index (χ3v) is 2.31. The second kappa shape index (κ2) is 2.92. The largest absolute Gasteiger partial charge is 0.504 e. The highest BCUT2D eigenvalue weighted by Gasteiger charge is 2.12. The molecule has 1 aromatic carbocycles. The molecule has 0 atom stereocenters. The van der Waals surface area contributed by atoms with E-state index in [2.05, 4.69) is 4.98 Å². The Morgan fingerprint density at radius 3 is 2.79 bits per heavy atom. The number of pyridine rings is 1. The van der Waals surface area contributed by atoms with Crippen LogP contribution >= 0.6 is 11.6 Å². The van der Waals surface area contributed by atoms with Crippen LogP contribution in [-0.2, 0) is 0 Å². The van der Waals surface area contributed by atoms with Gasteiger partial charge in [0.15, 0.2) is 16.9 Å². The number of hydrogen-bond donors (Lipinski definition) is 3. The average Bonchev–Trinajstić information content (AvgIpc) is 2.14. The zero-order valence-corrected chi connectivity index (χ0v) is 7.67. The van der Waals surface area contributed by atoms with Gasteiger partial charge in [0.05, 0.1) is 15.9 Å². The number of hydrogen-bond acceptors (Lipinski definition) is 3. The van der Waals surface area contributed by atoms with Crippen molar-refractivity contribution in [1.82, 2.24) is 4.98 Å². The van der Waals surface area contributed by atoms with Crippen molar-refractivity contribution in [3.05, 3.63) is 33.6 Å². The second-order valence-electron chi connectivity index (χ2n) is 2.82. The summed E-state index contributed by atoms with van der Waals surface area (Å²) in [7, 11) is 0. The monoisotopic (exact) mass is 211 g/mol. The third kappa shape index (κ3) is 1.12. The number of benzene rings is 1. The lowest BCUT2D eigenvalue weighted by atomic mass is 10.2. The summed E-state index contributed by atoms with van der Waals surface area (Å²) in [5.74, 6) is -0.833. The van der Waals surface area contributed by atoms with Crippen LogP contribution in [0.15, 0.2) is 23.1 Å². The quantitative estimate of drug-likeness (QED) is 0.580. The van der Waals surface area contributed by atoms with Gasteiger partial charge in [-0.2, -0.15) is 0 Å². The van der Waals surface area contributed by atoms with Crippen LogP contribution in [0.3, 0.4) is 0 Å². The maximum Gasteiger partial charge on any atom is 0.191 e. The van der Waals surface area contributed by atoms with E-state index in [1.807, 2.05) is 0 Å². The van der Waals surface area contributed by atoms with Gasteiger partial charge >= 0.3 is 0 Å². The average molecular weight is 212 g/mol. The molecule has 14 heavy (non-hydrogen) atoms. The minimum Gasteiger partial charge on any atom is -0.504 e. The predicted molar refractivity (Wildman–Crippen MR) is 52.9 cm³/mol. The standard InChI is InChI=1S/C9H6ClNO3/c10-8-7-4(3-6(13)9(8)14)11-2-1-5(7)12/h1-3,13-14H,(H,11,12). The first-order valence-corrected chi connectivity index (χ1v) is 4.21. The molecule has 2 aromatic rings. The molecule has 0 aliphatic heterocycles. The minimum atomic E-state index is -0.476. The Morgan fingerprint density at radius 1 is 1.36 bits per heavy atom. The van der Waals surface area contributed by atoms with Gasteiger partial charge < -0.3 is 15.2 Å². The van der Waals surface area contributed by atoms with Gasteiger partial charge in [-0.1, -0.05) is 11.6 Å². The highest BCUT2D eigenvalue weighted by molar-refractivity contribution is 6.37. The van der Waals surface area contributed by atoms with E-state index in [1.165, 1.54) is 18.3 Å². The van der Waals surface area contributed by atoms with Gasteiger partial charge in [-0.25, -0.2) is 0 Å². The number of aromatic hydroxyl groups is 2. The van der Waals surface area contributed by atoms with Crippen molar-refractivity contribution in [2.75, 3.05) is 0 Å². The Balaban J connectivity index is 3.07. The van der Waals surface area contributed by atoms with Crippen LogP contribution in [-0.4, -0.2) is 15.2 Å². The summed E-state index contributed by atoms with van der Waals surface area (Å²) in [5, 5.41) is 18.6. The van der Waals surface area contributed by atoms with Gasteiger partial charge in [0.2, 0.25) is 0 Å². The van der Waals surface area contributed by atoms with E-state index in [1.54, 1.807) is 0 Å². The smallest absolute Gasteiger partial charge is 0.191 e. The number of phenolic OH excluding ortho intramolecular Hbond substituents is 2. The maximum absolute atomic E-state index is 11.4. The Morgan fingerprint density at radius 2 is 2.07 bits per heavy atom. The van der Waals surface area contributed by atoms with Crippen molar-refractivity contribution in [3.63, 3.8) is 0 Å².